The molecule has 0 unspecified atom stereocenters. The molecule has 0 spiro atoms. The summed E-state index contributed by atoms with van der Waals surface area (Å²) in [4.78, 5) is 15.2. The Hall–Kier alpha value is -2.50. The molecular weight excluding hydrogens is 264 g/mol. The fourth-order valence-electron chi connectivity index (χ4n) is 2.05. The minimum atomic E-state index is 0.171. The molecule has 6 nitrogen and oxygen atoms in total. The Morgan fingerprint density at radius 2 is 2.14 bits per heavy atom. The van der Waals surface area contributed by atoms with E-state index in [0.717, 1.165) is 22.8 Å². The second-order valence-electron chi connectivity index (χ2n) is 4.98. The molecule has 2 rings (SSSR count). The molecule has 2 aromatic heterocycles. The van der Waals surface area contributed by atoms with Crippen LogP contribution < -0.4 is 10.6 Å². The molecule has 0 radical (unpaired) electrons. The molecule has 3 N–H and O–H groups in total. The monoisotopic (exact) mass is 284 g/mol. The van der Waals surface area contributed by atoms with Crippen LogP contribution in [0.4, 0.5) is 5.82 Å². The van der Waals surface area contributed by atoms with Crippen molar-refractivity contribution in [2.45, 2.75) is 26.8 Å². The van der Waals surface area contributed by atoms with Gasteiger partial charge in [-0.3, -0.25) is 15.4 Å². The number of amidine groups is 1. The summed E-state index contributed by atoms with van der Waals surface area (Å²) in [5.74, 6) is 1.00. The van der Waals surface area contributed by atoms with E-state index in [1.54, 1.807) is 12.4 Å². The van der Waals surface area contributed by atoms with Crippen LogP contribution in [0.25, 0.3) is 0 Å². The lowest BCUT2D eigenvalue weighted by Gasteiger charge is -2.25. The zero-order chi connectivity index (χ0) is 15.2. The van der Waals surface area contributed by atoms with Crippen molar-refractivity contribution >= 4 is 11.7 Å². The molecular formula is C15H20N6. The highest BCUT2D eigenvalue weighted by Gasteiger charge is 2.13. The Bertz CT molecular complexity index is 611. The second-order valence-corrected chi connectivity index (χ2v) is 4.98. The first-order valence-electron chi connectivity index (χ1n) is 6.83. The molecule has 0 saturated heterocycles. The van der Waals surface area contributed by atoms with Gasteiger partial charge in [0.25, 0.3) is 0 Å². The van der Waals surface area contributed by atoms with Crippen LogP contribution >= 0.6 is 0 Å². The van der Waals surface area contributed by atoms with Crippen LogP contribution in [0.2, 0.25) is 0 Å². The van der Waals surface area contributed by atoms with Gasteiger partial charge in [0.15, 0.2) is 5.82 Å². The highest BCUT2D eigenvalue weighted by Crippen LogP contribution is 2.18. The number of hydrogen-bond donors (Lipinski definition) is 2. The molecule has 2 aromatic rings. The lowest BCUT2D eigenvalue weighted by atomic mass is 10.2. The molecule has 2 heterocycles. The molecule has 0 bridgehead atoms. The zero-order valence-electron chi connectivity index (χ0n) is 12.4. The quantitative estimate of drug-likeness (QED) is 0.623. The van der Waals surface area contributed by atoms with Crippen molar-refractivity contribution in [3.05, 3.63) is 47.7 Å². The summed E-state index contributed by atoms with van der Waals surface area (Å²) < 4.78 is 0. The predicted molar refractivity (Wildman–Crippen MR) is 83.3 cm³/mol. The highest BCUT2D eigenvalue weighted by molar-refractivity contribution is 5.77. The van der Waals surface area contributed by atoms with Crippen molar-refractivity contribution in [2.24, 2.45) is 5.73 Å². The van der Waals surface area contributed by atoms with Crippen LogP contribution in [0.1, 0.15) is 23.4 Å². The summed E-state index contributed by atoms with van der Waals surface area (Å²) in [6.45, 7) is 5.15. The smallest absolute Gasteiger partial charge is 0.150 e. The molecule has 0 aromatic carbocycles. The molecule has 0 aliphatic carbocycles. The SMILES string of the molecule is Cc1cnc(C)c(N(CCC(=N)N)Cc2cccnc2)n1. The van der Waals surface area contributed by atoms with Crippen LogP contribution in [0, 0.1) is 19.3 Å². The predicted octanol–water partition coefficient (Wildman–Crippen LogP) is 1.82. The number of aromatic nitrogens is 3. The number of anilines is 1. The third kappa shape index (κ3) is 4.24. The Morgan fingerprint density at radius 1 is 1.33 bits per heavy atom. The van der Waals surface area contributed by atoms with Gasteiger partial charge in [-0.1, -0.05) is 6.07 Å². The average Bonchev–Trinajstić information content (AvgIpc) is 2.47. The van der Waals surface area contributed by atoms with Crippen LogP contribution in [0.3, 0.4) is 0 Å². The summed E-state index contributed by atoms with van der Waals surface area (Å²) in [7, 11) is 0. The third-order valence-corrected chi connectivity index (χ3v) is 3.10. The van der Waals surface area contributed by atoms with E-state index in [-0.39, 0.29) is 5.84 Å². The van der Waals surface area contributed by atoms with Crippen LogP contribution in [-0.4, -0.2) is 27.3 Å². The van der Waals surface area contributed by atoms with E-state index in [4.69, 9.17) is 11.1 Å². The van der Waals surface area contributed by atoms with E-state index in [0.29, 0.717) is 19.5 Å². The van der Waals surface area contributed by atoms with Gasteiger partial charge >= 0.3 is 0 Å². The van der Waals surface area contributed by atoms with Gasteiger partial charge in [0.2, 0.25) is 0 Å². The number of aryl methyl sites for hydroxylation is 2. The van der Waals surface area contributed by atoms with Gasteiger partial charge in [-0.25, -0.2) is 4.98 Å². The van der Waals surface area contributed by atoms with Crippen molar-refractivity contribution in [2.75, 3.05) is 11.4 Å². The van der Waals surface area contributed by atoms with Gasteiger partial charge in [0.1, 0.15) is 0 Å². The normalized spacial score (nSPS) is 10.4. The summed E-state index contributed by atoms with van der Waals surface area (Å²) in [6.07, 6.45) is 5.84. The molecule has 0 fully saturated rings. The lowest BCUT2D eigenvalue weighted by molar-refractivity contribution is 0.770. The van der Waals surface area contributed by atoms with Gasteiger partial charge in [-0.15, -0.1) is 0 Å². The maximum Gasteiger partial charge on any atom is 0.150 e. The highest BCUT2D eigenvalue weighted by atomic mass is 15.2. The van der Waals surface area contributed by atoms with E-state index >= 15 is 0 Å². The Balaban J connectivity index is 2.26. The maximum absolute atomic E-state index is 7.43. The lowest BCUT2D eigenvalue weighted by Crippen LogP contribution is -2.29. The molecule has 0 amide bonds. The number of hydrogen-bond acceptors (Lipinski definition) is 5. The molecule has 6 heteroatoms. The van der Waals surface area contributed by atoms with Gasteiger partial charge < -0.3 is 10.6 Å². The Kier molecular flexibility index (Phi) is 4.81. The largest absolute Gasteiger partial charge is 0.388 e. The first-order valence-corrected chi connectivity index (χ1v) is 6.83. The fourth-order valence-corrected chi connectivity index (χ4v) is 2.05. The Labute approximate surface area is 124 Å². The van der Waals surface area contributed by atoms with E-state index in [1.165, 1.54) is 0 Å². The van der Waals surface area contributed by atoms with Gasteiger partial charge in [0.05, 0.1) is 17.2 Å². The number of nitrogens with two attached hydrogens (primary N) is 1. The van der Waals surface area contributed by atoms with Crippen molar-refractivity contribution < 1.29 is 0 Å². The minimum Gasteiger partial charge on any atom is -0.388 e. The molecule has 0 aliphatic rings. The van der Waals surface area contributed by atoms with E-state index < -0.39 is 0 Å². The summed E-state index contributed by atoms with van der Waals surface area (Å²) in [5.41, 5.74) is 8.31. The third-order valence-electron chi connectivity index (χ3n) is 3.10. The molecule has 0 atom stereocenters. The van der Waals surface area contributed by atoms with Crippen molar-refractivity contribution in [3.8, 4) is 0 Å². The van der Waals surface area contributed by atoms with E-state index in [9.17, 15) is 0 Å². The van der Waals surface area contributed by atoms with Crippen molar-refractivity contribution in [1.29, 1.82) is 5.41 Å². The molecule has 0 saturated carbocycles. The van der Waals surface area contributed by atoms with Crippen LogP contribution in [0.15, 0.2) is 30.7 Å². The second kappa shape index (κ2) is 6.78. The molecule has 21 heavy (non-hydrogen) atoms. The van der Waals surface area contributed by atoms with Gasteiger partial charge in [0, 0.05) is 38.1 Å². The number of nitrogens with one attached hydrogen (secondary N) is 1. The van der Waals surface area contributed by atoms with Crippen LogP contribution in [-0.2, 0) is 6.54 Å². The summed E-state index contributed by atoms with van der Waals surface area (Å²) >= 11 is 0. The molecule has 0 aliphatic heterocycles. The fraction of sp³-hybridized carbons (Fsp3) is 0.333. The topological polar surface area (TPSA) is 91.8 Å². The molecule has 110 valence electrons. The zero-order valence-corrected chi connectivity index (χ0v) is 12.4. The number of pyridine rings is 1. The van der Waals surface area contributed by atoms with Gasteiger partial charge in [-0.05, 0) is 25.5 Å². The van der Waals surface area contributed by atoms with Crippen LogP contribution in [0.5, 0.6) is 0 Å². The summed E-state index contributed by atoms with van der Waals surface area (Å²) in [6, 6.07) is 3.93. The first-order chi connectivity index (χ1) is 10.1. The van der Waals surface area contributed by atoms with Crippen molar-refractivity contribution in [1.82, 2.24) is 15.0 Å². The van der Waals surface area contributed by atoms with Gasteiger partial charge in [-0.2, -0.15) is 0 Å². The van der Waals surface area contributed by atoms with Crippen molar-refractivity contribution in [3.63, 3.8) is 0 Å². The maximum atomic E-state index is 7.43. The first kappa shape index (κ1) is 14.9. The van der Waals surface area contributed by atoms with E-state index in [1.807, 2.05) is 32.2 Å². The number of nitrogens with zero attached hydrogens (tertiary/aromatic N) is 4. The minimum absolute atomic E-state index is 0.171. The van der Waals surface area contributed by atoms with E-state index in [2.05, 4.69) is 19.9 Å². The Morgan fingerprint density at radius 3 is 2.81 bits per heavy atom. The standard InChI is InChI=1S/C15H20N6/c1-11-8-19-12(2)15(20-11)21(7-5-14(16)17)10-13-4-3-6-18-9-13/h3-4,6,8-9H,5,7,10H2,1-2H3,(H3,16,17). The average molecular weight is 284 g/mol. The number of rotatable bonds is 6. The summed E-state index contributed by atoms with van der Waals surface area (Å²) in [5, 5.41) is 7.43.